The Morgan fingerprint density at radius 2 is 1.92 bits per heavy atom. The lowest BCUT2D eigenvalue weighted by molar-refractivity contribution is -0.141. The summed E-state index contributed by atoms with van der Waals surface area (Å²) in [5.41, 5.74) is 4.10. The third kappa shape index (κ3) is 2.49. The van der Waals surface area contributed by atoms with Gasteiger partial charge in [-0.25, -0.2) is 4.98 Å². The van der Waals surface area contributed by atoms with Crippen LogP contribution in [-0.2, 0) is 6.18 Å². The van der Waals surface area contributed by atoms with Crippen molar-refractivity contribution in [1.82, 2.24) is 4.98 Å². The maximum atomic E-state index is 11.9. The summed E-state index contributed by atoms with van der Waals surface area (Å²) in [5, 5.41) is -0.0933. The molecule has 0 unspecified atom stereocenters. The number of nitrogens with zero attached hydrogens (tertiary/aromatic N) is 1. The Morgan fingerprint density at radius 3 is 2.08 bits per heavy atom. The predicted molar refractivity (Wildman–Crippen MR) is 46.5 cm³/mol. The number of hydrogen-bond donors (Lipinski definition) is 1. The largest absolute Gasteiger partial charge is 0.435 e. The fourth-order valence-electron chi connectivity index (χ4n) is 0.492. The van der Waals surface area contributed by atoms with E-state index in [-0.39, 0.29) is 21.3 Å². The summed E-state index contributed by atoms with van der Waals surface area (Å²) in [6.07, 6.45) is -4.42. The number of rotatable bonds is 0. The molecule has 0 aromatic carbocycles. The van der Waals surface area contributed by atoms with Gasteiger partial charge in [0.15, 0.2) is 10.8 Å². The van der Waals surface area contributed by atoms with Crippen LogP contribution in [0.2, 0.25) is 0 Å². The molecule has 2 N–H and O–H groups in total. The van der Waals surface area contributed by atoms with E-state index in [1.807, 2.05) is 0 Å². The summed E-state index contributed by atoms with van der Waals surface area (Å²) < 4.78 is 35.7. The number of halogens is 5. The lowest BCUT2D eigenvalue weighted by Gasteiger charge is -2.00. The molecular weight excluding hydrogens is 280 g/mol. The molecule has 2 nitrogen and oxygen atoms in total. The number of hydrogen-bond acceptors (Lipinski definition) is 3. The summed E-state index contributed by atoms with van der Waals surface area (Å²) in [5.74, 6) is 0. The molecule has 0 fully saturated rings. The van der Waals surface area contributed by atoms with Crippen molar-refractivity contribution in [3.8, 4) is 0 Å². The van der Waals surface area contributed by atoms with E-state index in [4.69, 9.17) is 5.73 Å². The topological polar surface area (TPSA) is 38.9 Å². The van der Waals surface area contributed by atoms with Crippen LogP contribution in [0.15, 0.2) is 3.79 Å². The van der Waals surface area contributed by atoms with Gasteiger partial charge in [-0.1, -0.05) is 11.3 Å². The molecular formula is C4H3BrClF3N2S. The fourth-order valence-corrected chi connectivity index (χ4v) is 1.88. The van der Waals surface area contributed by atoms with Gasteiger partial charge in [-0.2, -0.15) is 13.2 Å². The minimum atomic E-state index is -4.42. The van der Waals surface area contributed by atoms with Crippen LogP contribution in [0.3, 0.4) is 0 Å². The van der Waals surface area contributed by atoms with E-state index in [0.29, 0.717) is 0 Å². The quantitative estimate of drug-likeness (QED) is 0.795. The van der Waals surface area contributed by atoms with Crippen LogP contribution in [0.1, 0.15) is 5.69 Å². The molecule has 12 heavy (non-hydrogen) atoms. The van der Waals surface area contributed by atoms with Gasteiger partial charge in [-0.3, -0.25) is 0 Å². The highest BCUT2D eigenvalue weighted by Gasteiger charge is 2.36. The second-order valence-corrected chi connectivity index (χ2v) is 4.02. The van der Waals surface area contributed by atoms with E-state index in [9.17, 15) is 13.2 Å². The molecule has 8 heteroatoms. The van der Waals surface area contributed by atoms with Crippen molar-refractivity contribution in [2.75, 3.05) is 5.73 Å². The monoisotopic (exact) mass is 282 g/mol. The van der Waals surface area contributed by atoms with Crippen LogP contribution >= 0.6 is 39.7 Å². The summed E-state index contributed by atoms with van der Waals surface area (Å²) in [6, 6.07) is 0. The van der Waals surface area contributed by atoms with Crippen LogP contribution in [0, 0.1) is 0 Å². The molecule has 1 rings (SSSR count). The SMILES string of the molecule is Cl.Nc1nc(C(F)(F)F)c(Br)s1. The molecule has 70 valence electrons. The van der Waals surface area contributed by atoms with Crippen molar-refractivity contribution < 1.29 is 13.2 Å². The molecule has 1 aromatic rings. The second kappa shape index (κ2) is 3.80. The molecule has 0 aliphatic heterocycles. The number of nitrogens with two attached hydrogens (primary N) is 1. The van der Waals surface area contributed by atoms with Gasteiger partial charge in [0.2, 0.25) is 0 Å². The highest BCUT2D eigenvalue weighted by atomic mass is 79.9. The van der Waals surface area contributed by atoms with Gasteiger partial charge in [0, 0.05) is 0 Å². The second-order valence-electron chi connectivity index (χ2n) is 1.67. The van der Waals surface area contributed by atoms with Crippen molar-refractivity contribution in [3.05, 3.63) is 9.48 Å². The van der Waals surface area contributed by atoms with Gasteiger partial charge in [-0.05, 0) is 15.9 Å². The minimum Gasteiger partial charge on any atom is -0.375 e. The first-order valence-corrected chi connectivity index (χ1v) is 4.01. The Labute approximate surface area is 84.5 Å². The predicted octanol–water partition coefficient (Wildman–Crippen LogP) is 2.93. The molecule has 0 bridgehead atoms. The van der Waals surface area contributed by atoms with E-state index >= 15 is 0 Å². The molecule has 1 heterocycles. The Balaban J connectivity index is 0.00000121. The maximum absolute atomic E-state index is 11.9. The Kier molecular flexibility index (Phi) is 3.80. The zero-order valence-corrected chi connectivity index (χ0v) is 8.57. The van der Waals surface area contributed by atoms with E-state index in [0.717, 1.165) is 11.3 Å². The summed E-state index contributed by atoms with van der Waals surface area (Å²) in [6.45, 7) is 0. The van der Waals surface area contributed by atoms with Crippen LogP contribution in [0.4, 0.5) is 18.3 Å². The third-order valence-corrected chi connectivity index (χ3v) is 2.41. The lowest BCUT2D eigenvalue weighted by Crippen LogP contribution is -2.06. The fraction of sp³-hybridized carbons (Fsp3) is 0.250. The number of alkyl halides is 3. The van der Waals surface area contributed by atoms with Gasteiger partial charge in [0.25, 0.3) is 0 Å². The summed E-state index contributed by atoms with van der Waals surface area (Å²) in [7, 11) is 0. The number of aromatic nitrogens is 1. The average molecular weight is 284 g/mol. The normalized spacial score (nSPS) is 11.0. The lowest BCUT2D eigenvalue weighted by atomic mass is 10.5. The molecule has 0 amide bonds. The molecule has 0 aliphatic carbocycles. The van der Waals surface area contributed by atoms with Crippen molar-refractivity contribution >= 4 is 44.8 Å². The number of nitrogen functional groups attached to an aromatic ring is 1. The van der Waals surface area contributed by atoms with Crippen LogP contribution in [-0.4, -0.2) is 4.98 Å². The van der Waals surface area contributed by atoms with Crippen molar-refractivity contribution in [2.45, 2.75) is 6.18 Å². The molecule has 0 spiro atoms. The first-order chi connectivity index (χ1) is 4.91. The van der Waals surface area contributed by atoms with E-state index < -0.39 is 11.9 Å². The van der Waals surface area contributed by atoms with Gasteiger partial charge >= 0.3 is 6.18 Å². The molecule has 0 saturated heterocycles. The zero-order valence-electron chi connectivity index (χ0n) is 5.35. The van der Waals surface area contributed by atoms with Gasteiger partial charge in [0.05, 0.1) is 0 Å². The number of anilines is 1. The zero-order chi connectivity index (χ0) is 8.65. The number of thiazole rings is 1. The highest BCUT2D eigenvalue weighted by molar-refractivity contribution is 9.11. The van der Waals surface area contributed by atoms with Crippen LogP contribution in [0.5, 0.6) is 0 Å². The smallest absolute Gasteiger partial charge is 0.375 e. The first kappa shape index (κ1) is 12.0. The maximum Gasteiger partial charge on any atom is 0.435 e. The van der Waals surface area contributed by atoms with E-state index in [1.165, 1.54) is 0 Å². The molecule has 1 aromatic heterocycles. The Morgan fingerprint density at radius 1 is 1.42 bits per heavy atom. The van der Waals surface area contributed by atoms with E-state index in [2.05, 4.69) is 20.9 Å². The Bertz CT molecular complexity index is 274. The standard InChI is InChI=1S/C4H2BrF3N2S.ClH/c5-2-1(4(6,7)8)10-3(9)11-2;/h(H2,9,10);1H. The van der Waals surface area contributed by atoms with Gasteiger partial charge in [-0.15, -0.1) is 12.4 Å². The molecule has 0 aliphatic rings. The van der Waals surface area contributed by atoms with E-state index in [1.54, 1.807) is 0 Å². The first-order valence-electron chi connectivity index (χ1n) is 2.40. The van der Waals surface area contributed by atoms with Crippen molar-refractivity contribution in [3.63, 3.8) is 0 Å². The highest BCUT2D eigenvalue weighted by Crippen LogP contribution is 2.38. The van der Waals surface area contributed by atoms with Crippen LogP contribution < -0.4 is 5.73 Å². The van der Waals surface area contributed by atoms with Crippen molar-refractivity contribution in [2.24, 2.45) is 0 Å². The third-order valence-electron chi connectivity index (χ3n) is 0.871. The molecule has 0 radical (unpaired) electrons. The minimum absolute atomic E-state index is 0. The summed E-state index contributed by atoms with van der Waals surface area (Å²) >= 11 is 3.47. The molecule has 0 atom stereocenters. The summed E-state index contributed by atoms with van der Waals surface area (Å²) in [4.78, 5) is 3.11. The molecule has 0 saturated carbocycles. The van der Waals surface area contributed by atoms with Gasteiger partial charge in [0.1, 0.15) is 3.79 Å². The van der Waals surface area contributed by atoms with Crippen molar-refractivity contribution in [1.29, 1.82) is 0 Å². The average Bonchev–Trinajstić information content (AvgIpc) is 2.08. The van der Waals surface area contributed by atoms with Crippen LogP contribution in [0.25, 0.3) is 0 Å². The van der Waals surface area contributed by atoms with Gasteiger partial charge < -0.3 is 5.73 Å². The Hall–Kier alpha value is -0.0100.